The second-order valence-electron chi connectivity index (χ2n) is 9.60. The van der Waals surface area contributed by atoms with Gasteiger partial charge in [-0.05, 0) is 29.3 Å². The van der Waals surface area contributed by atoms with Crippen molar-refractivity contribution >= 4 is 39.4 Å². The van der Waals surface area contributed by atoms with Crippen molar-refractivity contribution in [3.8, 4) is 0 Å². The second kappa shape index (κ2) is 8.06. The van der Waals surface area contributed by atoms with E-state index in [2.05, 4.69) is 12.2 Å². The number of nitrogens with zero attached hydrogens (tertiary/aromatic N) is 1. The van der Waals surface area contributed by atoms with E-state index in [0.29, 0.717) is 11.3 Å². The molecule has 1 fully saturated rings. The van der Waals surface area contributed by atoms with Gasteiger partial charge >= 0.3 is 0 Å². The second-order valence-corrected chi connectivity index (χ2v) is 9.60. The fraction of sp³-hybridized carbons (Fsp3) is 0.125. The number of rotatable bonds is 3. The smallest absolute Gasteiger partial charge is 0.238 e. The lowest BCUT2D eigenvalue weighted by Crippen LogP contribution is -2.31. The number of carbonyl (C=O) groups is 2. The number of benzene rings is 4. The Hall–Kier alpha value is -4.44. The summed E-state index contributed by atoms with van der Waals surface area (Å²) in [5.41, 5.74) is 4.11. The van der Waals surface area contributed by atoms with Crippen molar-refractivity contribution in [2.24, 2.45) is 11.8 Å². The standard InChI is InChI=1S/C32H23NO3/c34-31-29-23(20-9-3-1-4-10-20)17-18-24(21-11-5-2-6-12-21)30(29)32(35)33(31)22-15-16-26-25-13-7-8-14-27(25)36-28(26)19-22/h1-19,23-24,29-30H. The highest BCUT2D eigenvalue weighted by molar-refractivity contribution is 6.23. The van der Waals surface area contributed by atoms with E-state index in [1.165, 1.54) is 4.90 Å². The topological polar surface area (TPSA) is 50.5 Å². The van der Waals surface area contributed by atoms with Gasteiger partial charge in [-0.1, -0.05) is 91.0 Å². The quantitative estimate of drug-likeness (QED) is 0.215. The van der Waals surface area contributed by atoms with Crippen molar-refractivity contribution in [2.45, 2.75) is 11.8 Å². The third-order valence-corrected chi connectivity index (χ3v) is 7.69. The number of allylic oxidation sites excluding steroid dienone is 2. The highest BCUT2D eigenvalue weighted by Crippen LogP contribution is 2.50. The number of fused-ring (bicyclic) bond motifs is 4. The van der Waals surface area contributed by atoms with Crippen LogP contribution in [-0.4, -0.2) is 11.8 Å². The van der Waals surface area contributed by atoms with Crippen molar-refractivity contribution in [1.29, 1.82) is 0 Å². The van der Waals surface area contributed by atoms with E-state index in [9.17, 15) is 9.59 Å². The maximum atomic E-state index is 14.1. The maximum absolute atomic E-state index is 14.1. The van der Waals surface area contributed by atoms with E-state index in [-0.39, 0.29) is 23.7 Å². The molecule has 0 bridgehead atoms. The average Bonchev–Trinajstić information content (AvgIpc) is 3.43. The number of hydrogen-bond acceptors (Lipinski definition) is 3. The van der Waals surface area contributed by atoms with Crippen LogP contribution >= 0.6 is 0 Å². The van der Waals surface area contributed by atoms with Gasteiger partial charge in [-0.2, -0.15) is 0 Å². The third kappa shape index (κ3) is 3.07. The van der Waals surface area contributed by atoms with E-state index in [1.54, 1.807) is 0 Å². The summed E-state index contributed by atoms with van der Waals surface area (Å²) in [6.07, 6.45) is 4.23. The molecular formula is C32H23NO3. The zero-order chi connectivity index (χ0) is 24.2. The highest BCUT2D eigenvalue weighted by Gasteiger charge is 2.55. The van der Waals surface area contributed by atoms with E-state index >= 15 is 0 Å². The highest BCUT2D eigenvalue weighted by atomic mass is 16.3. The Bertz CT molecular complexity index is 1580. The van der Waals surface area contributed by atoms with Crippen molar-refractivity contribution in [3.05, 3.63) is 126 Å². The zero-order valence-electron chi connectivity index (χ0n) is 19.5. The van der Waals surface area contributed by atoms with Crippen LogP contribution in [0.2, 0.25) is 0 Å². The van der Waals surface area contributed by atoms with Crippen LogP contribution in [0.25, 0.3) is 21.9 Å². The number of hydrogen-bond donors (Lipinski definition) is 0. The van der Waals surface area contributed by atoms with Crippen LogP contribution in [0.5, 0.6) is 0 Å². The SMILES string of the molecule is O=C1C2C(c3ccccc3)C=CC(c3ccccc3)C2C(=O)N1c1ccc2c(c1)oc1ccccc12. The van der Waals surface area contributed by atoms with Crippen LogP contribution < -0.4 is 4.90 Å². The van der Waals surface area contributed by atoms with Crippen LogP contribution in [0.15, 0.2) is 120 Å². The Labute approximate surface area is 208 Å². The number of para-hydroxylation sites is 1. The van der Waals surface area contributed by atoms with E-state index in [0.717, 1.165) is 27.5 Å². The van der Waals surface area contributed by atoms with E-state index in [1.807, 2.05) is 103 Å². The Morgan fingerprint density at radius 3 is 1.69 bits per heavy atom. The first-order valence-electron chi connectivity index (χ1n) is 12.3. The molecule has 36 heavy (non-hydrogen) atoms. The lowest BCUT2D eigenvalue weighted by molar-refractivity contribution is -0.122. The Morgan fingerprint density at radius 2 is 1.08 bits per heavy atom. The van der Waals surface area contributed by atoms with Gasteiger partial charge in [0.1, 0.15) is 11.2 Å². The summed E-state index contributed by atoms with van der Waals surface area (Å²) in [4.78, 5) is 29.5. The van der Waals surface area contributed by atoms with Gasteiger partial charge in [-0.25, -0.2) is 4.90 Å². The molecule has 2 amide bonds. The number of carbonyl (C=O) groups excluding carboxylic acids is 2. The minimum Gasteiger partial charge on any atom is -0.456 e. The van der Waals surface area contributed by atoms with Crippen LogP contribution in [0.3, 0.4) is 0 Å². The molecule has 1 aromatic heterocycles. The third-order valence-electron chi connectivity index (χ3n) is 7.69. The predicted molar refractivity (Wildman–Crippen MR) is 141 cm³/mol. The zero-order valence-corrected chi connectivity index (χ0v) is 19.5. The number of furan rings is 1. The first-order valence-corrected chi connectivity index (χ1v) is 12.3. The summed E-state index contributed by atoms with van der Waals surface area (Å²) in [7, 11) is 0. The average molecular weight is 470 g/mol. The molecule has 1 saturated heterocycles. The molecule has 0 saturated carbocycles. The van der Waals surface area contributed by atoms with Gasteiger partial charge in [0.15, 0.2) is 0 Å². The molecule has 1 aliphatic heterocycles. The normalized spacial score (nSPS) is 23.5. The molecule has 2 heterocycles. The molecule has 4 atom stereocenters. The van der Waals surface area contributed by atoms with Crippen LogP contribution in [0.4, 0.5) is 5.69 Å². The lowest BCUT2D eigenvalue weighted by atomic mass is 9.68. The molecule has 2 aliphatic rings. The number of anilines is 1. The molecule has 0 radical (unpaired) electrons. The summed E-state index contributed by atoms with van der Waals surface area (Å²) in [6.45, 7) is 0. The molecule has 5 aromatic rings. The summed E-state index contributed by atoms with van der Waals surface area (Å²) < 4.78 is 6.06. The van der Waals surface area contributed by atoms with Crippen LogP contribution in [0, 0.1) is 11.8 Å². The largest absolute Gasteiger partial charge is 0.456 e. The predicted octanol–water partition coefficient (Wildman–Crippen LogP) is 6.83. The summed E-state index contributed by atoms with van der Waals surface area (Å²) in [5, 5.41) is 1.99. The van der Waals surface area contributed by atoms with E-state index in [4.69, 9.17) is 4.42 Å². The van der Waals surface area contributed by atoms with Crippen molar-refractivity contribution in [1.82, 2.24) is 0 Å². The summed E-state index contributed by atoms with van der Waals surface area (Å²) in [5.74, 6) is -1.57. The van der Waals surface area contributed by atoms with Crippen molar-refractivity contribution < 1.29 is 14.0 Å². The van der Waals surface area contributed by atoms with Crippen LogP contribution in [-0.2, 0) is 9.59 Å². The fourth-order valence-electron chi connectivity index (χ4n) is 6.04. The number of amides is 2. The van der Waals surface area contributed by atoms with E-state index < -0.39 is 11.8 Å². The first-order chi connectivity index (χ1) is 17.7. The molecule has 174 valence electrons. The van der Waals surface area contributed by atoms with Crippen molar-refractivity contribution in [2.75, 3.05) is 4.90 Å². The fourth-order valence-corrected chi connectivity index (χ4v) is 6.04. The van der Waals surface area contributed by atoms with Gasteiger partial charge in [0, 0.05) is 28.7 Å². The Kier molecular flexibility index (Phi) is 4.68. The van der Waals surface area contributed by atoms with Gasteiger partial charge in [-0.15, -0.1) is 0 Å². The molecule has 0 N–H and O–H groups in total. The molecule has 4 unspecified atom stereocenters. The molecule has 1 aliphatic carbocycles. The van der Waals surface area contributed by atoms with Gasteiger partial charge in [-0.3, -0.25) is 9.59 Å². The van der Waals surface area contributed by atoms with Crippen molar-refractivity contribution in [3.63, 3.8) is 0 Å². The molecule has 7 rings (SSSR count). The molecular weight excluding hydrogens is 446 g/mol. The van der Waals surface area contributed by atoms with Crippen LogP contribution in [0.1, 0.15) is 23.0 Å². The maximum Gasteiger partial charge on any atom is 0.238 e. The molecule has 4 aromatic carbocycles. The molecule has 4 heteroatoms. The van der Waals surface area contributed by atoms with Gasteiger partial charge in [0.2, 0.25) is 11.8 Å². The summed E-state index contributed by atoms with van der Waals surface area (Å²) >= 11 is 0. The monoisotopic (exact) mass is 469 g/mol. The number of imide groups is 1. The molecule has 0 spiro atoms. The lowest BCUT2D eigenvalue weighted by Gasteiger charge is -2.32. The van der Waals surface area contributed by atoms with Gasteiger partial charge in [0.05, 0.1) is 17.5 Å². The minimum atomic E-state index is -0.471. The molecule has 4 nitrogen and oxygen atoms in total. The first kappa shape index (κ1) is 20.9. The Balaban J connectivity index is 1.36. The summed E-state index contributed by atoms with van der Waals surface area (Å²) in [6, 6.07) is 33.5. The Morgan fingerprint density at radius 1 is 0.556 bits per heavy atom. The van der Waals surface area contributed by atoms with Gasteiger partial charge in [0.25, 0.3) is 0 Å². The minimum absolute atomic E-state index is 0.153. The van der Waals surface area contributed by atoms with Gasteiger partial charge < -0.3 is 4.42 Å².